The minimum atomic E-state index is -4.29. The largest absolute Gasteiger partial charge is 0.453 e. The van der Waals surface area contributed by atoms with E-state index in [4.69, 9.17) is 16.3 Å². The Morgan fingerprint density at radius 3 is 2.51 bits per heavy atom. The van der Waals surface area contributed by atoms with E-state index in [-0.39, 0.29) is 28.2 Å². The predicted molar refractivity (Wildman–Crippen MR) is 136 cm³/mol. The topological polar surface area (TPSA) is 99.0 Å². The van der Waals surface area contributed by atoms with E-state index < -0.39 is 20.7 Å². The number of aryl methyl sites for hydroxylation is 1. The summed E-state index contributed by atoms with van der Waals surface area (Å²) in [5.74, 6) is -1.29. The number of pyridine rings is 1. The molecule has 0 saturated heterocycles. The number of sulfonamides is 1. The van der Waals surface area contributed by atoms with Gasteiger partial charge in [0.2, 0.25) is 0 Å². The lowest BCUT2D eigenvalue weighted by Crippen LogP contribution is -2.15. The van der Waals surface area contributed by atoms with Crippen molar-refractivity contribution in [2.45, 2.75) is 4.90 Å². The predicted octanol–water partition coefficient (Wildman–Crippen LogP) is 6.13. The van der Waals surface area contributed by atoms with E-state index >= 15 is 0 Å². The van der Waals surface area contributed by atoms with Crippen LogP contribution in [-0.2, 0) is 17.1 Å². The Hall–Kier alpha value is -3.87. The molecule has 13 heteroatoms. The number of nitrogens with zero attached hydrogens (tertiary/aromatic N) is 4. The van der Waals surface area contributed by atoms with Gasteiger partial charge in [-0.15, -0.1) is 11.3 Å². The maximum absolute atomic E-state index is 15.0. The fourth-order valence-corrected chi connectivity index (χ4v) is 5.38. The number of benzene rings is 2. The van der Waals surface area contributed by atoms with Crippen LogP contribution in [0.1, 0.15) is 0 Å². The number of anilines is 1. The van der Waals surface area contributed by atoms with E-state index in [1.54, 1.807) is 48.3 Å². The van der Waals surface area contributed by atoms with Crippen molar-refractivity contribution in [3.8, 4) is 34.1 Å². The summed E-state index contributed by atoms with van der Waals surface area (Å²) >= 11 is 7.50. The van der Waals surface area contributed by atoms with Crippen LogP contribution in [-0.4, -0.2) is 28.2 Å². The quantitative estimate of drug-likeness (QED) is 0.257. The van der Waals surface area contributed by atoms with Gasteiger partial charge in [0.05, 0.1) is 21.9 Å². The summed E-state index contributed by atoms with van der Waals surface area (Å²) in [6, 6.07) is 12.7. The molecule has 1 N–H and O–H groups in total. The molecule has 3 heterocycles. The molecule has 0 aliphatic carbocycles. The highest BCUT2D eigenvalue weighted by atomic mass is 35.5. The number of aromatic nitrogens is 4. The van der Waals surface area contributed by atoms with Crippen molar-refractivity contribution < 1.29 is 21.9 Å². The molecule has 8 nitrogen and oxygen atoms in total. The molecular weight excluding hydrogens is 544 g/mol. The first-order valence-electron chi connectivity index (χ1n) is 10.5. The zero-order chi connectivity index (χ0) is 26.2. The first kappa shape index (κ1) is 24.8. The maximum atomic E-state index is 15.0. The first-order valence-corrected chi connectivity index (χ1v) is 13.3. The van der Waals surface area contributed by atoms with Crippen LogP contribution in [0.25, 0.3) is 22.6 Å². The standard InChI is InChI=1S/C24H16ClF2N5O3S2/c1-32-19(8-9-29-32)24-20(7-6-18(30-24)14-2-4-15(26)5-3-14)35-21-11-17(27)22(10-16(21)25)37(33,34)31-23-12-36-13-28-23/h2-13,31H,1H3. The van der Waals surface area contributed by atoms with Crippen LogP contribution >= 0.6 is 22.9 Å². The van der Waals surface area contributed by atoms with Crippen molar-refractivity contribution in [3.63, 3.8) is 0 Å². The van der Waals surface area contributed by atoms with Gasteiger partial charge in [-0.05, 0) is 48.5 Å². The number of halogens is 3. The molecule has 5 aromatic rings. The van der Waals surface area contributed by atoms with Crippen molar-refractivity contribution in [3.05, 3.63) is 88.3 Å². The fourth-order valence-electron chi connectivity index (χ4n) is 3.47. The molecule has 0 amide bonds. The van der Waals surface area contributed by atoms with Gasteiger partial charge < -0.3 is 4.74 Å². The average molecular weight is 560 g/mol. The zero-order valence-electron chi connectivity index (χ0n) is 18.9. The number of thiazole rings is 1. The lowest BCUT2D eigenvalue weighted by atomic mass is 10.1. The summed E-state index contributed by atoms with van der Waals surface area (Å²) in [7, 11) is -2.57. The molecule has 5 rings (SSSR count). The van der Waals surface area contributed by atoms with E-state index in [0.29, 0.717) is 22.6 Å². The van der Waals surface area contributed by atoms with Gasteiger partial charge in [0.1, 0.15) is 28.0 Å². The number of nitrogens with one attached hydrogen (secondary N) is 1. The molecule has 188 valence electrons. The summed E-state index contributed by atoms with van der Waals surface area (Å²) in [6.45, 7) is 0. The van der Waals surface area contributed by atoms with Crippen LogP contribution in [0, 0.1) is 11.6 Å². The van der Waals surface area contributed by atoms with Crippen molar-refractivity contribution in [2.24, 2.45) is 7.05 Å². The molecular formula is C24H16ClF2N5O3S2. The molecule has 0 fully saturated rings. The fraction of sp³-hybridized carbons (Fsp3) is 0.0417. The molecule has 0 aliphatic heterocycles. The normalized spacial score (nSPS) is 11.5. The molecule has 0 aliphatic rings. The lowest BCUT2D eigenvalue weighted by Gasteiger charge is -2.15. The van der Waals surface area contributed by atoms with E-state index in [0.717, 1.165) is 12.1 Å². The Kier molecular flexibility index (Phi) is 6.63. The molecule has 0 unspecified atom stereocenters. The minimum absolute atomic E-state index is 0.0639. The van der Waals surface area contributed by atoms with Gasteiger partial charge in [-0.1, -0.05) is 11.6 Å². The van der Waals surface area contributed by atoms with Gasteiger partial charge in [-0.25, -0.2) is 27.2 Å². The van der Waals surface area contributed by atoms with Gasteiger partial charge in [0.25, 0.3) is 10.0 Å². The zero-order valence-corrected chi connectivity index (χ0v) is 21.3. The second-order valence-electron chi connectivity index (χ2n) is 7.68. The van der Waals surface area contributed by atoms with Crippen molar-refractivity contribution in [2.75, 3.05) is 4.72 Å². The van der Waals surface area contributed by atoms with Crippen molar-refractivity contribution in [1.82, 2.24) is 19.7 Å². The number of hydrogen-bond acceptors (Lipinski definition) is 7. The van der Waals surface area contributed by atoms with E-state index in [1.165, 1.54) is 34.4 Å². The summed E-state index contributed by atoms with van der Waals surface area (Å²) in [6.07, 6.45) is 1.58. The molecule has 3 aromatic heterocycles. The second-order valence-corrected chi connectivity index (χ2v) is 10.5. The van der Waals surface area contributed by atoms with Crippen molar-refractivity contribution >= 4 is 38.8 Å². The monoisotopic (exact) mass is 559 g/mol. The third-order valence-electron chi connectivity index (χ3n) is 5.23. The van der Waals surface area contributed by atoms with Crippen LogP contribution in [0.15, 0.2) is 76.6 Å². The molecule has 0 spiro atoms. The highest BCUT2D eigenvalue weighted by Crippen LogP contribution is 2.38. The first-order chi connectivity index (χ1) is 17.7. The van der Waals surface area contributed by atoms with Crippen LogP contribution in [0.5, 0.6) is 11.5 Å². The van der Waals surface area contributed by atoms with Crippen LogP contribution in [0.2, 0.25) is 5.02 Å². The number of hydrogen-bond donors (Lipinski definition) is 1. The molecule has 0 saturated carbocycles. The minimum Gasteiger partial charge on any atom is -0.453 e. The second kappa shape index (κ2) is 9.88. The maximum Gasteiger partial charge on any atom is 0.266 e. The van der Waals surface area contributed by atoms with E-state index in [1.807, 2.05) is 0 Å². The van der Waals surface area contributed by atoms with Gasteiger partial charge in [-0.3, -0.25) is 9.40 Å². The van der Waals surface area contributed by atoms with Crippen LogP contribution in [0.3, 0.4) is 0 Å². The van der Waals surface area contributed by atoms with Crippen LogP contribution < -0.4 is 9.46 Å². The average Bonchev–Trinajstić information content (AvgIpc) is 3.53. The lowest BCUT2D eigenvalue weighted by molar-refractivity contribution is 0.473. The van der Waals surface area contributed by atoms with Crippen LogP contribution in [0.4, 0.5) is 14.6 Å². The highest BCUT2D eigenvalue weighted by molar-refractivity contribution is 7.92. The molecule has 0 atom stereocenters. The molecule has 37 heavy (non-hydrogen) atoms. The van der Waals surface area contributed by atoms with Gasteiger partial charge >= 0.3 is 0 Å². The summed E-state index contributed by atoms with van der Waals surface area (Å²) < 4.78 is 63.4. The Balaban J connectivity index is 1.53. The van der Waals surface area contributed by atoms with Gasteiger partial charge in [0, 0.05) is 30.3 Å². The van der Waals surface area contributed by atoms with Gasteiger partial charge in [-0.2, -0.15) is 5.10 Å². The molecule has 2 aromatic carbocycles. The van der Waals surface area contributed by atoms with E-state index in [9.17, 15) is 17.2 Å². The summed E-state index contributed by atoms with van der Waals surface area (Å²) in [5, 5.41) is 5.49. The van der Waals surface area contributed by atoms with Gasteiger partial charge in [0.15, 0.2) is 11.6 Å². The number of rotatable bonds is 7. The Morgan fingerprint density at radius 2 is 1.84 bits per heavy atom. The number of ether oxygens (including phenoxy) is 1. The summed E-state index contributed by atoms with van der Waals surface area (Å²) in [5.41, 5.74) is 3.59. The molecule has 0 radical (unpaired) electrons. The van der Waals surface area contributed by atoms with E-state index in [2.05, 4.69) is 19.8 Å². The molecule has 0 bridgehead atoms. The Labute approximate surface area is 219 Å². The highest BCUT2D eigenvalue weighted by Gasteiger charge is 2.24. The Morgan fingerprint density at radius 1 is 1.05 bits per heavy atom. The SMILES string of the molecule is Cn1nccc1-c1nc(-c2ccc(F)cc2)ccc1Oc1cc(F)c(S(=O)(=O)Nc2cscn2)cc1Cl. The third-order valence-corrected chi connectivity index (χ3v) is 7.48. The Bertz CT molecular complexity index is 1690. The smallest absolute Gasteiger partial charge is 0.266 e. The third kappa shape index (κ3) is 5.17. The van der Waals surface area contributed by atoms with Crippen molar-refractivity contribution in [1.29, 1.82) is 0 Å². The summed E-state index contributed by atoms with van der Waals surface area (Å²) in [4.78, 5) is 7.85.